The standard InChI is InChI=1S/C13H27N3O2/c1-10(2)6-7-16-11(17)8-15-9-13(3,4)12(18)14-5/h10,15H,6-9H2,1-5H3,(H,14,18)(H,16,17). The lowest BCUT2D eigenvalue weighted by Gasteiger charge is -2.22. The first kappa shape index (κ1) is 16.9. The molecule has 0 aromatic heterocycles. The molecule has 0 aliphatic heterocycles. The Bertz CT molecular complexity index is 275. The second-order valence-corrected chi connectivity index (χ2v) is 5.60. The highest BCUT2D eigenvalue weighted by Crippen LogP contribution is 2.12. The van der Waals surface area contributed by atoms with E-state index in [0.29, 0.717) is 19.0 Å². The molecule has 0 heterocycles. The van der Waals surface area contributed by atoms with Crippen molar-refractivity contribution >= 4 is 11.8 Å². The van der Waals surface area contributed by atoms with Gasteiger partial charge in [0.2, 0.25) is 11.8 Å². The van der Waals surface area contributed by atoms with Crippen LogP contribution in [0.25, 0.3) is 0 Å². The third kappa shape index (κ3) is 7.27. The molecular formula is C13H27N3O2. The van der Waals surface area contributed by atoms with Gasteiger partial charge in [-0.1, -0.05) is 13.8 Å². The summed E-state index contributed by atoms with van der Waals surface area (Å²) >= 11 is 0. The largest absolute Gasteiger partial charge is 0.359 e. The number of carbonyl (C=O) groups is 2. The van der Waals surface area contributed by atoms with Crippen LogP contribution in [0, 0.1) is 11.3 Å². The van der Waals surface area contributed by atoms with E-state index in [0.717, 1.165) is 6.42 Å². The Morgan fingerprint density at radius 2 is 1.83 bits per heavy atom. The van der Waals surface area contributed by atoms with E-state index in [-0.39, 0.29) is 18.4 Å². The van der Waals surface area contributed by atoms with Crippen LogP contribution in [-0.4, -0.2) is 38.5 Å². The summed E-state index contributed by atoms with van der Waals surface area (Å²) in [5, 5.41) is 8.46. The van der Waals surface area contributed by atoms with E-state index >= 15 is 0 Å². The van der Waals surface area contributed by atoms with Crippen molar-refractivity contribution in [1.82, 2.24) is 16.0 Å². The van der Waals surface area contributed by atoms with Crippen molar-refractivity contribution in [3.8, 4) is 0 Å². The molecule has 5 nitrogen and oxygen atoms in total. The lowest BCUT2D eigenvalue weighted by atomic mass is 9.92. The summed E-state index contributed by atoms with van der Waals surface area (Å²) in [6.07, 6.45) is 0.982. The van der Waals surface area contributed by atoms with Gasteiger partial charge in [0.25, 0.3) is 0 Å². The maximum absolute atomic E-state index is 11.5. The molecule has 0 rings (SSSR count). The molecule has 0 aliphatic carbocycles. The predicted octanol–water partition coefficient (Wildman–Crippen LogP) is 0.511. The van der Waals surface area contributed by atoms with Crippen LogP contribution in [-0.2, 0) is 9.59 Å². The Hall–Kier alpha value is -1.10. The maximum Gasteiger partial charge on any atom is 0.233 e. The Kier molecular flexibility index (Phi) is 7.59. The Morgan fingerprint density at radius 1 is 1.22 bits per heavy atom. The summed E-state index contributed by atoms with van der Waals surface area (Å²) in [4.78, 5) is 23.0. The number of rotatable bonds is 8. The predicted molar refractivity (Wildman–Crippen MR) is 73.2 cm³/mol. The van der Waals surface area contributed by atoms with E-state index in [1.54, 1.807) is 7.05 Å². The molecule has 0 radical (unpaired) electrons. The lowest BCUT2D eigenvalue weighted by molar-refractivity contribution is -0.129. The normalized spacial score (nSPS) is 11.4. The van der Waals surface area contributed by atoms with Gasteiger partial charge in [-0.05, 0) is 26.2 Å². The molecule has 0 aromatic carbocycles. The Morgan fingerprint density at radius 3 is 2.33 bits per heavy atom. The van der Waals surface area contributed by atoms with E-state index in [4.69, 9.17) is 0 Å². The van der Waals surface area contributed by atoms with Crippen LogP contribution in [0.4, 0.5) is 0 Å². The topological polar surface area (TPSA) is 70.2 Å². The fraction of sp³-hybridized carbons (Fsp3) is 0.846. The first-order chi connectivity index (χ1) is 8.29. The molecule has 0 aromatic rings. The van der Waals surface area contributed by atoms with Crippen LogP contribution in [0.5, 0.6) is 0 Å². The molecule has 0 saturated heterocycles. The molecule has 0 unspecified atom stereocenters. The van der Waals surface area contributed by atoms with Crippen LogP contribution < -0.4 is 16.0 Å². The summed E-state index contributed by atoms with van der Waals surface area (Å²) in [6, 6.07) is 0. The van der Waals surface area contributed by atoms with Crippen molar-refractivity contribution in [2.24, 2.45) is 11.3 Å². The third-order valence-corrected chi connectivity index (χ3v) is 2.74. The molecule has 5 heteroatoms. The smallest absolute Gasteiger partial charge is 0.233 e. The van der Waals surface area contributed by atoms with Crippen LogP contribution in [0.15, 0.2) is 0 Å². The van der Waals surface area contributed by atoms with Gasteiger partial charge in [0, 0.05) is 20.1 Å². The SMILES string of the molecule is CNC(=O)C(C)(C)CNCC(=O)NCCC(C)C. The maximum atomic E-state index is 11.5. The van der Waals surface area contributed by atoms with Crippen LogP contribution in [0.3, 0.4) is 0 Å². The lowest BCUT2D eigenvalue weighted by Crippen LogP contribution is -2.44. The Balaban J connectivity index is 3.77. The van der Waals surface area contributed by atoms with Crippen molar-refractivity contribution in [2.75, 3.05) is 26.7 Å². The van der Waals surface area contributed by atoms with Crippen molar-refractivity contribution in [1.29, 1.82) is 0 Å². The van der Waals surface area contributed by atoms with Gasteiger partial charge in [-0.25, -0.2) is 0 Å². The van der Waals surface area contributed by atoms with Crippen molar-refractivity contribution in [3.05, 3.63) is 0 Å². The second-order valence-electron chi connectivity index (χ2n) is 5.60. The minimum atomic E-state index is -0.507. The van der Waals surface area contributed by atoms with E-state index < -0.39 is 5.41 Å². The molecule has 0 fully saturated rings. The minimum Gasteiger partial charge on any atom is -0.359 e. The van der Waals surface area contributed by atoms with Crippen LogP contribution in [0.1, 0.15) is 34.1 Å². The summed E-state index contributed by atoms with van der Waals surface area (Å²) < 4.78 is 0. The summed E-state index contributed by atoms with van der Waals surface area (Å²) in [5.41, 5.74) is -0.507. The quantitative estimate of drug-likeness (QED) is 0.593. The van der Waals surface area contributed by atoms with Gasteiger partial charge in [-0.15, -0.1) is 0 Å². The molecule has 2 amide bonds. The molecule has 0 aliphatic rings. The van der Waals surface area contributed by atoms with E-state index in [1.165, 1.54) is 0 Å². The van der Waals surface area contributed by atoms with E-state index in [2.05, 4.69) is 29.8 Å². The fourth-order valence-corrected chi connectivity index (χ4v) is 1.47. The molecule has 3 N–H and O–H groups in total. The van der Waals surface area contributed by atoms with E-state index in [1.807, 2.05) is 13.8 Å². The highest BCUT2D eigenvalue weighted by molar-refractivity contribution is 5.82. The molecule has 0 saturated carbocycles. The number of hydrogen-bond donors (Lipinski definition) is 3. The van der Waals surface area contributed by atoms with Gasteiger partial charge in [0.1, 0.15) is 0 Å². The average molecular weight is 257 g/mol. The zero-order chi connectivity index (χ0) is 14.2. The number of amides is 2. The summed E-state index contributed by atoms with van der Waals surface area (Å²) in [7, 11) is 1.61. The highest BCUT2D eigenvalue weighted by atomic mass is 16.2. The average Bonchev–Trinajstić information content (AvgIpc) is 2.27. The molecule has 0 spiro atoms. The molecular weight excluding hydrogens is 230 g/mol. The molecule has 106 valence electrons. The number of carbonyl (C=O) groups excluding carboxylic acids is 2. The summed E-state index contributed by atoms with van der Waals surface area (Å²) in [6.45, 7) is 9.36. The Labute approximate surface area is 110 Å². The fourth-order valence-electron chi connectivity index (χ4n) is 1.47. The molecule has 0 atom stereocenters. The number of nitrogens with one attached hydrogen (secondary N) is 3. The zero-order valence-corrected chi connectivity index (χ0v) is 12.2. The molecule has 18 heavy (non-hydrogen) atoms. The highest BCUT2D eigenvalue weighted by Gasteiger charge is 2.25. The summed E-state index contributed by atoms with van der Waals surface area (Å²) in [5.74, 6) is 0.531. The first-order valence-electron chi connectivity index (χ1n) is 6.49. The van der Waals surface area contributed by atoms with Gasteiger partial charge in [0.15, 0.2) is 0 Å². The van der Waals surface area contributed by atoms with Crippen molar-refractivity contribution in [3.63, 3.8) is 0 Å². The number of hydrogen-bond acceptors (Lipinski definition) is 3. The monoisotopic (exact) mass is 257 g/mol. The van der Waals surface area contributed by atoms with Crippen LogP contribution >= 0.6 is 0 Å². The van der Waals surface area contributed by atoms with Crippen molar-refractivity contribution < 1.29 is 9.59 Å². The van der Waals surface area contributed by atoms with Crippen LogP contribution in [0.2, 0.25) is 0 Å². The van der Waals surface area contributed by atoms with Gasteiger partial charge in [0.05, 0.1) is 12.0 Å². The van der Waals surface area contributed by atoms with Gasteiger partial charge >= 0.3 is 0 Å². The zero-order valence-electron chi connectivity index (χ0n) is 12.2. The van der Waals surface area contributed by atoms with Crippen molar-refractivity contribution in [2.45, 2.75) is 34.1 Å². The minimum absolute atomic E-state index is 0.0247. The third-order valence-electron chi connectivity index (χ3n) is 2.74. The van der Waals surface area contributed by atoms with Gasteiger partial charge in [-0.3, -0.25) is 9.59 Å². The van der Waals surface area contributed by atoms with E-state index in [9.17, 15) is 9.59 Å². The van der Waals surface area contributed by atoms with Gasteiger partial charge < -0.3 is 16.0 Å². The second kappa shape index (κ2) is 8.08. The molecule has 0 bridgehead atoms. The first-order valence-corrected chi connectivity index (χ1v) is 6.49. The van der Waals surface area contributed by atoms with Gasteiger partial charge in [-0.2, -0.15) is 0 Å².